The van der Waals surface area contributed by atoms with Crippen LogP contribution in [-0.2, 0) is 5.75 Å². The van der Waals surface area contributed by atoms with Crippen molar-refractivity contribution in [2.45, 2.75) is 164 Å². The molecule has 0 atom stereocenters. The van der Waals surface area contributed by atoms with Gasteiger partial charge < -0.3 is 0 Å². The van der Waals surface area contributed by atoms with Crippen LogP contribution in [-0.4, -0.2) is 0 Å². The molecule has 0 radical (unpaired) electrons. The Morgan fingerprint density at radius 1 is 0.314 bits per heavy atom. The predicted molar refractivity (Wildman–Crippen MR) is 309 cm³/mol. The summed E-state index contributed by atoms with van der Waals surface area (Å²) in [4.78, 5) is 12.4. The van der Waals surface area contributed by atoms with Gasteiger partial charge in [-0.25, -0.2) is 0 Å². The molecular formula is C67H79NOS. The summed E-state index contributed by atoms with van der Waals surface area (Å²) in [5.74, 6) is 3.10. The van der Waals surface area contributed by atoms with Crippen LogP contribution in [0.3, 0.4) is 0 Å². The zero-order valence-corrected chi connectivity index (χ0v) is 46.0. The molecule has 0 aliphatic carbocycles. The Hall–Kier alpha value is -5.51. The molecule has 0 fully saturated rings. The van der Waals surface area contributed by atoms with Crippen LogP contribution in [0, 0.1) is 4.91 Å². The van der Waals surface area contributed by atoms with Gasteiger partial charge in [-0.2, -0.15) is 0 Å². The third-order valence-electron chi connectivity index (χ3n) is 14.6. The van der Waals surface area contributed by atoms with Gasteiger partial charge in [0.15, 0.2) is 0 Å². The first-order valence-electron chi connectivity index (χ1n) is 26.2. The van der Waals surface area contributed by atoms with E-state index in [1.165, 1.54) is 89.0 Å². The summed E-state index contributed by atoms with van der Waals surface area (Å²) in [6.45, 7) is 37.1. The fourth-order valence-electron chi connectivity index (χ4n) is 11.1. The molecule has 70 heavy (non-hydrogen) atoms. The molecule has 0 saturated carbocycles. The molecular weight excluding hydrogens is 867 g/mol. The lowest BCUT2D eigenvalue weighted by atomic mass is 9.79. The van der Waals surface area contributed by atoms with E-state index in [0.717, 1.165) is 39.8 Å². The van der Waals surface area contributed by atoms with E-state index in [4.69, 9.17) is 0 Å². The molecule has 0 spiro atoms. The van der Waals surface area contributed by atoms with Gasteiger partial charge >= 0.3 is 0 Å². The van der Waals surface area contributed by atoms with Gasteiger partial charge in [0, 0.05) is 22.3 Å². The van der Waals surface area contributed by atoms with E-state index >= 15 is 0 Å². The van der Waals surface area contributed by atoms with Crippen molar-refractivity contribution in [1.82, 2.24) is 0 Å². The number of benzene rings is 7. The first-order chi connectivity index (χ1) is 33.3. The van der Waals surface area contributed by atoms with Crippen LogP contribution >= 0.6 is 11.9 Å². The van der Waals surface area contributed by atoms with Crippen molar-refractivity contribution in [2.24, 2.45) is 4.58 Å². The van der Waals surface area contributed by atoms with Gasteiger partial charge in [-0.15, -0.1) is 4.91 Å². The van der Waals surface area contributed by atoms with Gasteiger partial charge in [0.1, 0.15) is 0 Å². The number of nitroso groups, excluding NO2 is 1. The molecule has 0 aromatic heterocycles. The van der Waals surface area contributed by atoms with E-state index in [0.29, 0.717) is 53.1 Å². The minimum Gasteiger partial charge on any atom is -0.137 e. The molecule has 0 unspecified atom stereocenters. The van der Waals surface area contributed by atoms with Crippen molar-refractivity contribution in [3.63, 3.8) is 0 Å². The minimum atomic E-state index is 0.333. The summed E-state index contributed by atoms with van der Waals surface area (Å²) < 4.78 is 3.48. The van der Waals surface area contributed by atoms with Crippen LogP contribution in [0.4, 0.5) is 0 Å². The van der Waals surface area contributed by atoms with E-state index in [2.05, 4.69) is 243 Å². The summed E-state index contributed by atoms with van der Waals surface area (Å²) in [7, 11) is 0. The zero-order valence-electron chi connectivity index (χ0n) is 45.2. The maximum Gasteiger partial charge on any atom is 0.0450 e. The second-order valence-corrected chi connectivity index (χ2v) is 23.0. The second kappa shape index (κ2) is 22.3. The molecule has 3 heteroatoms. The summed E-state index contributed by atoms with van der Waals surface area (Å²) in [5.41, 5.74) is 26.8. The Morgan fingerprint density at radius 3 is 0.714 bits per heavy atom. The Bertz CT molecular complexity index is 2520. The van der Waals surface area contributed by atoms with Crippen molar-refractivity contribution in [1.29, 1.82) is 0 Å². The SMILES string of the molecule is CC(C)c1cccc(C(C)C)c1-c1cc(-c2cccc(-c3cc(-c4c(C(C)C)cccc4C(C)C)cc(-c4c(C(C)C)cccc4C(C)C)c3)c2CSN=O)cc(-c2c(C(C)C)cccc2C(C)C)c1. The van der Waals surface area contributed by atoms with Crippen LogP contribution in [0.1, 0.15) is 208 Å². The van der Waals surface area contributed by atoms with E-state index in [-0.39, 0.29) is 0 Å². The molecule has 364 valence electrons. The lowest BCUT2D eigenvalue weighted by Crippen LogP contribution is -2.03. The Morgan fingerprint density at radius 2 is 0.514 bits per heavy atom. The standard InChI is InChI=1S/C67H79NOS/c1-39(2)53-22-17-23-54(40(3)4)64(53)49-32-47(33-50(36-49)65-55(41(5)6)24-18-25-56(65)42(7)8)61-30-21-31-62(63(61)38-70-68-69)48-34-51(66-57(43(9)10)26-19-27-58(66)44(11)12)37-52(35-48)67-59(45(13)14)28-20-29-60(67)46(15)16/h17-37,39-46H,38H2,1-16H3. The van der Waals surface area contributed by atoms with Gasteiger partial charge in [0.25, 0.3) is 0 Å². The molecule has 0 amide bonds. The van der Waals surface area contributed by atoms with Crippen molar-refractivity contribution in [2.75, 3.05) is 0 Å². The first kappa shape index (κ1) is 52.3. The quantitative estimate of drug-likeness (QED) is 0.0672. The van der Waals surface area contributed by atoms with Gasteiger partial charge in [0.05, 0.1) is 0 Å². The topological polar surface area (TPSA) is 29.4 Å². The number of hydrogen-bond acceptors (Lipinski definition) is 3. The predicted octanol–water partition coefficient (Wildman–Crippen LogP) is 21.6. The molecule has 0 heterocycles. The Kier molecular flexibility index (Phi) is 16.7. The summed E-state index contributed by atoms with van der Waals surface area (Å²) in [6.07, 6.45) is 0. The molecule has 7 aromatic rings. The number of hydrogen-bond donors (Lipinski definition) is 0. The molecule has 2 nitrogen and oxygen atoms in total. The van der Waals surface area contributed by atoms with Crippen LogP contribution in [0.5, 0.6) is 0 Å². The minimum absolute atomic E-state index is 0.333. The highest BCUT2D eigenvalue weighted by molar-refractivity contribution is 7.97. The molecule has 0 N–H and O–H groups in total. The van der Waals surface area contributed by atoms with Gasteiger partial charge in [-0.1, -0.05) is 202 Å². The molecule has 7 rings (SSSR count). The summed E-state index contributed by atoms with van der Waals surface area (Å²) >= 11 is 1.10. The van der Waals surface area contributed by atoms with E-state index in [1.807, 2.05) is 0 Å². The lowest BCUT2D eigenvalue weighted by molar-refractivity contribution is 0.836. The maximum atomic E-state index is 12.4. The maximum absolute atomic E-state index is 12.4. The highest BCUT2D eigenvalue weighted by Crippen LogP contribution is 2.48. The largest absolute Gasteiger partial charge is 0.137 e. The van der Waals surface area contributed by atoms with Crippen LogP contribution in [0.25, 0.3) is 66.8 Å². The molecule has 0 aliphatic rings. The van der Waals surface area contributed by atoms with Crippen LogP contribution < -0.4 is 0 Å². The van der Waals surface area contributed by atoms with Crippen LogP contribution in [0.15, 0.2) is 132 Å². The molecule has 7 aromatic carbocycles. The van der Waals surface area contributed by atoms with E-state index in [9.17, 15) is 4.91 Å². The fourth-order valence-corrected chi connectivity index (χ4v) is 11.5. The van der Waals surface area contributed by atoms with Crippen molar-refractivity contribution < 1.29 is 0 Å². The van der Waals surface area contributed by atoms with E-state index < -0.39 is 0 Å². The average Bonchev–Trinajstić information content (AvgIpc) is 3.33. The van der Waals surface area contributed by atoms with Crippen molar-refractivity contribution in [3.05, 3.63) is 182 Å². The van der Waals surface area contributed by atoms with Crippen molar-refractivity contribution in [3.8, 4) is 66.8 Å². The van der Waals surface area contributed by atoms with Gasteiger partial charge in [-0.3, -0.25) is 0 Å². The lowest BCUT2D eigenvalue weighted by Gasteiger charge is -2.25. The normalized spacial score (nSPS) is 12.1. The highest BCUT2D eigenvalue weighted by atomic mass is 32.2. The second-order valence-electron chi connectivity index (χ2n) is 22.3. The Balaban J connectivity index is 1.64. The van der Waals surface area contributed by atoms with Gasteiger partial charge in [0.2, 0.25) is 0 Å². The monoisotopic (exact) mass is 946 g/mol. The summed E-state index contributed by atoms with van der Waals surface area (Å²) in [6, 6.07) is 49.1. The van der Waals surface area contributed by atoms with Crippen LogP contribution in [0.2, 0.25) is 0 Å². The van der Waals surface area contributed by atoms with E-state index in [1.54, 1.807) is 0 Å². The number of rotatable bonds is 17. The third kappa shape index (κ3) is 10.7. The summed E-state index contributed by atoms with van der Waals surface area (Å²) in [5, 5.41) is 0. The third-order valence-corrected chi connectivity index (χ3v) is 15.1. The van der Waals surface area contributed by atoms with Crippen molar-refractivity contribution >= 4 is 11.9 Å². The highest BCUT2D eigenvalue weighted by Gasteiger charge is 2.25. The average molecular weight is 946 g/mol. The molecule has 0 saturated heterocycles. The zero-order chi connectivity index (χ0) is 50.7. The fraction of sp³-hybridized carbons (Fsp3) is 0.373. The first-order valence-corrected chi connectivity index (χ1v) is 27.2. The molecule has 0 bridgehead atoms. The molecule has 0 aliphatic heterocycles. The van der Waals surface area contributed by atoms with Gasteiger partial charge in [-0.05, 0) is 201 Å². The Labute approximate surface area is 427 Å². The smallest absolute Gasteiger partial charge is 0.0450 e. The number of nitrogens with zero attached hydrogens (tertiary/aromatic N) is 1.